The molecule has 0 amide bonds. The van der Waals surface area contributed by atoms with Gasteiger partial charge in [-0.1, -0.05) is 33.6 Å². The summed E-state index contributed by atoms with van der Waals surface area (Å²) < 4.78 is 2.07. The van der Waals surface area contributed by atoms with Crippen molar-refractivity contribution in [2.75, 3.05) is 19.6 Å². The zero-order valence-corrected chi connectivity index (χ0v) is 12.1. The van der Waals surface area contributed by atoms with Gasteiger partial charge in [0.15, 0.2) is 0 Å². The Morgan fingerprint density at radius 2 is 2.06 bits per heavy atom. The van der Waals surface area contributed by atoms with E-state index in [1.807, 2.05) is 6.33 Å². The van der Waals surface area contributed by atoms with Crippen LogP contribution in [0, 0.1) is 5.92 Å². The van der Waals surface area contributed by atoms with Crippen LogP contribution < -0.4 is 5.73 Å². The van der Waals surface area contributed by atoms with Crippen molar-refractivity contribution in [1.29, 1.82) is 0 Å². The molecule has 4 heteroatoms. The predicted octanol–water partition coefficient (Wildman–Crippen LogP) is 2.10. The Labute approximate surface area is 111 Å². The summed E-state index contributed by atoms with van der Waals surface area (Å²) in [5.74, 6) is 0.802. The van der Waals surface area contributed by atoms with Crippen LogP contribution in [0.3, 0.4) is 0 Å². The molecule has 2 N–H and O–H groups in total. The summed E-state index contributed by atoms with van der Waals surface area (Å²) in [4.78, 5) is 6.93. The molecule has 0 fully saturated rings. The maximum atomic E-state index is 5.54. The highest BCUT2D eigenvalue weighted by Gasteiger charge is 2.11. The van der Waals surface area contributed by atoms with Gasteiger partial charge in [0, 0.05) is 32.4 Å². The van der Waals surface area contributed by atoms with Gasteiger partial charge in [0.1, 0.15) is 0 Å². The topological polar surface area (TPSA) is 47.1 Å². The smallest absolute Gasteiger partial charge is 0.0950 e. The molecule has 1 aromatic rings. The van der Waals surface area contributed by atoms with Gasteiger partial charge < -0.3 is 10.3 Å². The lowest BCUT2D eigenvalue weighted by molar-refractivity contribution is 0.224. The molecule has 1 heterocycles. The van der Waals surface area contributed by atoms with Crippen molar-refractivity contribution in [3.8, 4) is 0 Å². The first kappa shape index (κ1) is 15.2. The van der Waals surface area contributed by atoms with E-state index in [1.54, 1.807) is 0 Å². The minimum Gasteiger partial charge on any atom is -0.336 e. The summed E-state index contributed by atoms with van der Waals surface area (Å²) in [7, 11) is 0. The van der Waals surface area contributed by atoms with Gasteiger partial charge in [0.25, 0.3) is 0 Å². The van der Waals surface area contributed by atoms with E-state index in [1.165, 1.54) is 19.4 Å². The molecule has 18 heavy (non-hydrogen) atoms. The molecule has 0 radical (unpaired) electrons. The zero-order valence-electron chi connectivity index (χ0n) is 12.1. The highest BCUT2D eigenvalue weighted by Crippen LogP contribution is 2.12. The molecule has 104 valence electrons. The lowest BCUT2D eigenvalue weighted by Gasteiger charge is -2.24. The van der Waals surface area contributed by atoms with Crippen molar-refractivity contribution in [2.24, 2.45) is 11.7 Å². The molecule has 4 nitrogen and oxygen atoms in total. The Morgan fingerprint density at radius 1 is 1.33 bits per heavy atom. The van der Waals surface area contributed by atoms with Crippen molar-refractivity contribution >= 4 is 0 Å². The van der Waals surface area contributed by atoms with Gasteiger partial charge >= 0.3 is 0 Å². The Hall–Kier alpha value is -0.870. The highest BCUT2D eigenvalue weighted by molar-refractivity contribution is 4.96. The van der Waals surface area contributed by atoms with E-state index in [4.69, 9.17) is 5.73 Å². The summed E-state index contributed by atoms with van der Waals surface area (Å²) in [6, 6.07) is 0. The van der Waals surface area contributed by atoms with Crippen LogP contribution in [0.5, 0.6) is 0 Å². The second-order valence-corrected chi connectivity index (χ2v) is 4.90. The third kappa shape index (κ3) is 4.78. The fourth-order valence-corrected chi connectivity index (χ4v) is 2.21. The third-order valence-electron chi connectivity index (χ3n) is 3.58. The van der Waals surface area contributed by atoms with Gasteiger partial charge in [-0.25, -0.2) is 4.98 Å². The molecule has 0 aromatic carbocycles. The number of rotatable bonds is 9. The van der Waals surface area contributed by atoms with E-state index in [0.29, 0.717) is 6.54 Å². The maximum absolute atomic E-state index is 5.54. The molecule has 0 saturated carbocycles. The third-order valence-corrected chi connectivity index (χ3v) is 3.58. The van der Waals surface area contributed by atoms with E-state index in [9.17, 15) is 0 Å². The summed E-state index contributed by atoms with van der Waals surface area (Å²) in [5.41, 5.74) is 6.69. The van der Waals surface area contributed by atoms with Gasteiger partial charge in [0.2, 0.25) is 0 Å². The standard InChI is InChI=1S/C14H28N4/c1-4-13(5-2)9-17(6-3)10-14-11-18(8-7-15)12-16-14/h11-13H,4-10,15H2,1-3H3. The highest BCUT2D eigenvalue weighted by atomic mass is 15.1. The van der Waals surface area contributed by atoms with Crippen LogP contribution in [-0.4, -0.2) is 34.1 Å². The average Bonchev–Trinajstić information content (AvgIpc) is 2.82. The number of aromatic nitrogens is 2. The molecule has 0 aliphatic heterocycles. The molecule has 0 aliphatic carbocycles. The lowest BCUT2D eigenvalue weighted by Crippen LogP contribution is -2.28. The summed E-state index contributed by atoms with van der Waals surface area (Å²) in [5, 5.41) is 0. The first-order valence-electron chi connectivity index (χ1n) is 7.16. The van der Waals surface area contributed by atoms with Gasteiger partial charge in [-0.3, -0.25) is 4.90 Å². The van der Waals surface area contributed by atoms with Crippen molar-refractivity contribution < 1.29 is 0 Å². The minimum absolute atomic E-state index is 0.668. The van der Waals surface area contributed by atoms with Crippen molar-refractivity contribution in [1.82, 2.24) is 14.5 Å². The minimum atomic E-state index is 0.668. The molecular formula is C14H28N4. The van der Waals surface area contributed by atoms with Crippen LogP contribution in [0.2, 0.25) is 0 Å². The maximum Gasteiger partial charge on any atom is 0.0950 e. The lowest BCUT2D eigenvalue weighted by atomic mass is 10.0. The molecule has 0 saturated heterocycles. The monoisotopic (exact) mass is 252 g/mol. The SMILES string of the molecule is CCC(CC)CN(CC)Cc1cn(CCN)cn1. The van der Waals surface area contributed by atoms with E-state index in [-0.39, 0.29) is 0 Å². The molecule has 1 aromatic heterocycles. The number of imidazole rings is 1. The zero-order chi connectivity index (χ0) is 13.4. The first-order chi connectivity index (χ1) is 8.73. The van der Waals surface area contributed by atoms with Gasteiger partial charge in [-0.2, -0.15) is 0 Å². The summed E-state index contributed by atoms with van der Waals surface area (Å²) in [6.07, 6.45) is 6.51. The van der Waals surface area contributed by atoms with Crippen LogP contribution in [0.4, 0.5) is 0 Å². The largest absolute Gasteiger partial charge is 0.336 e. The fourth-order valence-electron chi connectivity index (χ4n) is 2.21. The quantitative estimate of drug-likeness (QED) is 0.732. The predicted molar refractivity (Wildman–Crippen MR) is 76.3 cm³/mol. The Kier molecular flexibility index (Phi) is 6.98. The number of hydrogen-bond donors (Lipinski definition) is 1. The van der Waals surface area contributed by atoms with Crippen LogP contribution in [-0.2, 0) is 13.1 Å². The molecule has 0 unspecified atom stereocenters. The van der Waals surface area contributed by atoms with E-state index < -0.39 is 0 Å². The molecule has 0 atom stereocenters. The van der Waals surface area contributed by atoms with Crippen molar-refractivity contribution in [3.05, 3.63) is 18.2 Å². The Bertz CT molecular complexity index is 317. The summed E-state index contributed by atoms with van der Waals surface area (Å²) in [6.45, 7) is 11.5. The fraction of sp³-hybridized carbons (Fsp3) is 0.786. The first-order valence-corrected chi connectivity index (χ1v) is 7.16. The number of nitrogens with zero attached hydrogens (tertiary/aromatic N) is 3. The molecule has 1 rings (SSSR count). The summed E-state index contributed by atoms with van der Waals surface area (Å²) >= 11 is 0. The van der Waals surface area contributed by atoms with E-state index in [0.717, 1.165) is 31.2 Å². The Balaban J connectivity index is 2.50. The van der Waals surface area contributed by atoms with E-state index >= 15 is 0 Å². The molecular weight excluding hydrogens is 224 g/mol. The Morgan fingerprint density at radius 3 is 2.61 bits per heavy atom. The van der Waals surface area contributed by atoms with Crippen LogP contribution in [0.1, 0.15) is 39.3 Å². The van der Waals surface area contributed by atoms with Gasteiger partial charge in [0.05, 0.1) is 12.0 Å². The second-order valence-electron chi connectivity index (χ2n) is 4.90. The van der Waals surface area contributed by atoms with Crippen molar-refractivity contribution in [3.63, 3.8) is 0 Å². The number of hydrogen-bond acceptors (Lipinski definition) is 3. The molecule has 0 aliphatic rings. The molecule has 0 bridgehead atoms. The van der Waals surface area contributed by atoms with Crippen molar-refractivity contribution in [2.45, 2.75) is 46.7 Å². The van der Waals surface area contributed by atoms with Crippen LogP contribution >= 0.6 is 0 Å². The van der Waals surface area contributed by atoms with Crippen LogP contribution in [0.15, 0.2) is 12.5 Å². The van der Waals surface area contributed by atoms with Gasteiger partial charge in [-0.05, 0) is 12.5 Å². The van der Waals surface area contributed by atoms with Gasteiger partial charge in [-0.15, -0.1) is 0 Å². The molecule has 0 spiro atoms. The average molecular weight is 252 g/mol. The normalized spacial score (nSPS) is 11.7. The number of nitrogens with two attached hydrogens (primary N) is 1. The van der Waals surface area contributed by atoms with E-state index in [2.05, 4.69) is 41.4 Å². The second kappa shape index (κ2) is 8.27. The van der Waals surface area contributed by atoms with Crippen LogP contribution in [0.25, 0.3) is 0 Å².